The van der Waals surface area contributed by atoms with Crippen LogP contribution in [0.3, 0.4) is 0 Å². The van der Waals surface area contributed by atoms with Crippen LogP contribution in [0.15, 0.2) is 338 Å². The van der Waals surface area contributed by atoms with Crippen LogP contribution in [0.25, 0.3) is 157 Å². The molecule has 0 saturated heterocycles. The van der Waals surface area contributed by atoms with Gasteiger partial charge >= 0.3 is 7.12 Å². The number of nitrogens with zero attached hydrogens (tertiary/aromatic N) is 7. The average molecular weight is 1420 g/mol. The van der Waals surface area contributed by atoms with E-state index in [0.717, 1.165) is 148 Å². The summed E-state index contributed by atoms with van der Waals surface area (Å²) in [4.78, 5) is 32.4. The molecule has 0 bridgehead atoms. The Hall–Kier alpha value is -11.8. The van der Waals surface area contributed by atoms with Gasteiger partial charge in [-0.2, -0.15) is 0 Å². The minimum absolute atomic E-state index is 0. The van der Waals surface area contributed by atoms with Gasteiger partial charge in [0.2, 0.25) is 17.7 Å². The number of benzene rings is 10. The van der Waals surface area contributed by atoms with Gasteiger partial charge in [0, 0.05) is 83.8 Å². The number of hydrogen-bond acceptors (Lipinski definition) is 12. The van der Waals surface area contributed by atoms with Crippen LogP contribution in [-0.4, -0.2) is 52.1 Å². The molecule has 0 spiro atoms. The van der Waals surface area contributed by atoms with Crippen molar-refractivity contribution in [2.45, 2.75) is 7.43 Å². The van der Waals surface area contributed by atoms with Crippen molar-refractivity contribution in [1.82, 2.24) is 34.9 Å². The van der Waals surface area contributed by atoms with E-state index in [1.54, 1.807) is 36.7 Å². The van der Waals surface area contributed by atoms with Gasteiger partial charge < -0.3 is 23.3 Å². The van der Waals surface area contributed by atoms with Crippen molar-refractivity contribution in [2.24, 2.45) is 0 Å². The predicted octanol–water partition coefficient (Wildman–Crippen LogP) is 21.2. The molecule has 7 aromatic heterocycles. The van der Waals surface area contributed by atoms with E-state index in [2.05, 4.69) is 215 Å². The normalized spacial score (nSPS) is 10.9. The molecule has 0 saturated carbocycles. The zero-order valence-electron chi connectivity index (χ0n) is 52.1. The van der Waals surface area contributed by atoms with E-state index >= 15 is 0 Å². The second kappa shape index (κ2) is 29.2. The van der Waals surface area contributed by atoms with Crippen molar-refractivity contribution in [2.75, 3.05) is 0 Å². The van der Waals surface area contributed by atoms with Crippen LogP contribution in [-0.2, 0) is 0 Å². The highest BCUT2D eigenvalue weighted by Gasteiger charge is 2.18. The Morgan fingerprint density at radius 2 is 0.576 bits per heavy atom. The number of fused-ring (bicyclic) bond motifs is 3. The number of pyridine rings is 4. The lowest BCUT2D eigenvalue weighted by Crippen LogP contribution is -2.29. The van der Waals surface area contributed by atoms with Gasteiger partial charge in [0.15, 0.2) is 16.7 Å². The van der Waals surface area contributed by atoms with Gasteiger partial charge in [-0.05, 0) is 172 Å². The third-order valence-electron chi connectivity index (χ3n) is 16.6. The Morgan fingerprint density at radius 1 is 0.273 bits per heavy atom. The first-order valence-electron chi connectivity index (χ1n) is 31.5. The maximum absolute atomic E-state index is 9.02. The van der Waals surface area contributed by atoms with Gasteiger partial charge in [-0.25, -0.2) is 24.9 Å². The predicted molar refractivity (Wildman–Crippen MR) is 405 cm³/mol. The quantitative estimate of drug-likeness (QED) is 0.111. The summed E-state index contributed by atoms with van der Waals surface area (Å²) in [6.45, 7) is 0. The Labute approximate surface area is 588 Å². The molecule has 0 aliphatic rings. The summed E-state index contributed by atoms with van der Waals surface area (Å²) in [5.41, 5.74) is 24.5. The molecule has 476 valence electrons. The molecule has 0 aliphatic carbocycles. The molecular formula is C84H58BBr2N7O5. The van der Waals surface area contributed by atoms with Crippen LogP contribution >= 0.6 is 31.9 Å². The van der Waals surface area contributed by atoms with E-state index < -0.39 is 7.12 Å². The first kappa shape index (κ1) is 64.5. The van der Waals surface area contributed by atoms with Gasteiger partial charge in [-0.1, -0.05) is 197 Å². The lowest BCUT2D eigenvalue weighted by Gasteiger charge is -2.13. The largest absolute Gasteiger partial charge is 0.488 e. The van der Waals surface area contributed by atoms with E-state index in [1.807, 2.05) is 122 Å². The molecule has 17 rings (SSSR count). The maximum atomic E-state index is 9.02. The van der Waals surface area contributed by atoms with Gasteiger partial charge in [0.05, 0.1) is 22.8 Å². The molecule has 0 fully saturated rings. The first-order chi connectivity index (χ1) is 48.2. The highest BCUT2D eigenvalue weighted by molar-refractivity contribution is 9.10. The lowest BCUT2D eigenvalue weighted by molar-refractivity contribution is 0.426. The van der Waals surface area contributed by atoms with Gasteiger partial charge in [0.25, 0.3) is 0 Å². The lowest BCUT2D eigenvalue weighted by atomic mass is 9.80. The third kappa shape index (κ3) is 14.5. The molecule has 12 nitrogen and oxygen atoms in total. The van der Waals surface area contributed by atoms with Crippen LogP contribution < -0.4 is 5.46 Å². The molecular weight excluding hydrogens is 1360 g/mol. The molecule has 0 aliphatic heterocycles. The van der Waals surface area contributed by atoms with E-state index in [9.17, 15) is 0 Å². The van der Waals surface area contributed by atoms with Crippen LogP contribution in [0.4, 0.5) is 0 Å². The zero-order chi connectivity index (χ0) is 66.3. The highest BCUT2D eigenvalue weighted by atomic mass is 79.9. The third-order valence-corrected chi connectivity index (χ3v) is 17.7. The van der Waals surface area contributed by atoms with Crippen LogP contribution in [0, 0.1) is 0 Å². The summed E-state index contributed by atoms with van der Waals surface area (Å²) in [6, 6.07) is 96.8. The van der Waals surface area contributed by atoms with E-state index in [-0.39, 0.29) is 7.43 Å². The number of hydrogen-bond donors (Lipinski definition) is 2. The van der Waals surface area contributed by atoms with E-state index in [4.69, 9.17) is 33.3 Å². The molecule has 0 amide bonds. The minimum atomic E-state index is -1.46. The van der Waals surface area contributed by atoms with Crippen molar-refractivity contribution in [3.8, 4) is 124 Å². The molecule has 0 atom stereocenters. The van der Waals surface area contributed by atoms with Gasteiger partial charge in [-0.3, -0.25) is 9.97 Å². The molecule has 0 unspecified atom stereocenters. The standard InChI is InChI=1S/C48H30N4O2.C22H14Br2N2.C13H10BNO3.CH4/c1-3-9-44-42(7-1)51-47(53-44)37-23-15-33(16-24-37)31-11-19-35(20-12-31)40-27-28-41(39-6-5-29-49-30-39)50-46(40)36-21-13-32(14-22-36)34-17-25-38(26-18-34)48-52-43-8-2-4-10-45(43)54-48;23-18-7-3-15(4-8-18)20-11-12-21(17-2-1-13-25-14-17)26-22(20)16-5-9-19(24)10-6-16;16-14(17)10-7-5-9(6-8-10)13-15-11-3-1-2-4-12(11)18-13;/h1-30H;1-14H;1-8,16-17H;1H4. The minimum Gasteiger partial charge on any atom is -0.436 e. The summed E-state index contributed by atoms with van der Waals surface area (Å²) >= 11 is 7.01. The van der Waals surface area contributed by atoms with Crippen LogP contribution in [0.2, 0.25) is 0 Å². The topological polar surface area (TPSA) is 170 Å². The summed E-state index contributed by atoms with van der Waals surface area (Å²) in [6.07, 6.45) is 7.24. The molecule has 7 heterocycles. The summed E-state index contributed by atoms with van der Waals surface area (Å²) in [5.74, 6) is 1.76. The smallest absolute Gasteiger partial charge is 0.436 e. The van der Waals surface area contributed by atoms with Crippen molar-refractivity contribution in [3.63, 3.8) is 0 Å². The number of aromatic nitrogens is 7. The second-order valence-electron chi connectivity index (χ2n) is 22.9. The highest BCUT2D eigenvalue weighted by Crippen LogP contribution is 2.38. The summed E-state index contributed by atoms with van der Waals surface area (Å²) in [5, 5.41) is 18.0. The zero-order valence-corrected chi connectivity index (χ0v) is 55.3. The van der Waals surface area contributed by atoms with Crippen molar-refractivity contribution < 1.29 is 23.3 Å². The summed E-state index contributed by atoms with van der Waals surface area (Å²) in [7, 11) is -1.46. The Kier molecular flexibility index (Phi) is 19.1. The Balaban J connectivity index is 0.000000153. The van der Waals surface area contributed by atoms with Crippen LogP contribution in [0.1, 0.15) is 7.43 Å². The van der Waals surface area contributed by atoms with Crippen molar-refractivity contribution in [1.29, 1.82) is 0 Å². The molecule has 99 heavy (non-hydrogen) atoms. The fourth-order valence-corrected chi connectivity index (χ4v) is 12.0. The fourth-order valence-electron chi connectivity index (χ4n) is 11.5. The number of oxazole rings is 3. The van der Waals surface area contributed by atoms with E-state index in [1.165, 1.54) is 0 Å². The maximum Gasteiger partial charge on any atom is 0.488 e. The monoisotopic (exact) mass is 1410 g/mol. The number of rotatable bonds is 12. The molecule has 15 heteroatoms. The Bertz CT molecular complexity index is 5490. The molecule has 2 N–H and O–H groups in total. The van der Waals surface area contributed by atoms with Crippen molar-refractivity contribution >= 4 is 77.7 Å². The van der Waals surface area contributed by atoms with Crippen LogP contribution in [0.5, 0.6) is 0 Å². The fraction of sp³-hybridized carbons (Fsp3) is 0.0119. The van der Waals surface area contributed by atoms with Gasteiger partial charge in [0.1, 0.15) is 16.6 Å². The summed E-state index contributed by atoms with van der Waals surface area (Å²) < 4.78 is 19.7. The molecule has 10 aromatic carbocycles. The number of halogens is 2. The molecule has 0 radical (unpaired) electrons. The first-order valence-corrected chi connectivity index (χ1v) is 33.1. The van der Waals surface area contributed by atoms with E-state index in [0.29, 0.717) is 23.1 Å². The average Bonchev–Trinajstić information content (AvgIpc) is 1.66. The number of para-hydroxylation sites is 6. The van der Waals surface area contributed by atoms with Gasteiger partial charge in [-0.15, -0.1) is 0 Å². The SMILES string of the molecule is Brc1ccc(-c2ccc(-c3cccnc3)nc2-c2ccc(Br)cc2)cc1.C.OB(O)c1ccc(-c2nc3ccccc3o2)cc1.c1cncc(-c2ccc(-c3ccc(-c4ccc(-c5nc6ccccc6o5)cc4)cc3)c(-c3ccc(-c4ccc(-c5nc6ccccc6o5)cc4)cc3)n2)c1. The van der Waals surface area contributed by atoms with Crippen molar-refractivity contribution in [3.05, 3.63) is 325 Å². The Morgan fingerprint density at radius 3 is 0.909 bits per heavy atom. The second-order valence-corrected chi connectivity index (χ2v) is 24.8. The molecule has 17 aromatic rings.